The summed E-state index contributed by atoms with van der Waals surface area (Å²) < 4.78 is 16.6. The second kappa shape index (κ2) is 5.95. The van der Waals surface area contributed by atoms with Crippen LogP contribution in [0.2, 0.25) is 5.02 Å². The van der Waals surface area contributed by atoms with E-state index in [1.165, 1.54) is 12.1 Å². The second-order valence-electron chi connectivity index (χ2n) is 4.59. The maximum absolute atomic E-state index is 13.7. The molecule has 2 nitrogen and oxygen atoms in total. The zero-order valence-corrected chi connectivity index (χ0v) is 13.9. The first-order valence-corrected chi connectivity index (χ1v) is 7.94. The van der Waals surface area contributed by atoms with Gasteiger partial charge in [-0.15, -0.1) is 11.6 Å². The van der Waals surface area contributed by atoms with Gasteiger partial charge in [0.25, 0.3) is 0 Å². The summed E-state index contributed by atoms with van der Waals surface area (Å²) in [6.45, 7) is 0.557. The van der Waals surface area contributed by atoms with Crippen molar-refractivity contribution in [3.8, 4) is 0 Å². The van der Waals surface area contributed by atoms with Crippen molar-refractivity contribution in [1.29, 1.82) is 0 Å². The van der Waals surface area contributed by atoms with Crippen LogP contribution in [0.5, 0.6) is 0 Å². The van der Waals surface area contributed by atoms with Gasteiger partial charge in [0, 0.05) is 10.5 Å². The van der Waals surface area contributed by atoms with Gasteiger partial charge in [0.15, 0.2) is 0 Å². The van der Waals surface area contributed by atoms with Crippen molar-refractivity contribution in [3.05, 3.63) is 63.1 Å². The Hall–Kier alpha value is -1.10. The van der Waals surface area contributed by atoms with Crippen LogP contribution in [0.4, 0.5) is 4.39 Å². The molecule has 0 aliphatic heterocycles. The summed E-state index contributed by atoms with van der Waals surface area (Å²) in [6, 6.07) is 10.8. The molecule has 3 rings (SSSR count). The van der Waals surface area contributed by atoms with Crippen molar-refractivity contribution in [2.75, 3.05) is 0 Å². The molecule has 0 amide bonds. The molecule has 0 aliphatic rings. The number of halogens is 4. The lowest BCUT2D eigenvalue weighted by molar-refractivity contribution is 0.628. The number of benzene rings is 2. The van der Waals surface area contributed by atoms with Crippen LogP contribution in [-0.4, -0.2) is 9.55 Å². The van der Waals surface area contributed by atoms with Crippen molar-refractivity contribution in [1.82, 2.24) is 9.55 Å². The van der Waals surface area contributed by atoms with E-state index in [9.17, 15) is 4.39 Å². The van der Waals surface area contributed by atoms with Gasteiger partial charge in [0.2, 0.25) is 0 Å². The highest BCUT2D eigenvalue weighted by molar-refractivity contribution is 9.10. The smallest absolute Gasteiger partial charge is 0.144 e. The fourth-order valence-corrected chi connectivity index (χ4v) is 3.02. The summed E-state index contributed by atoms with van der Waals surface area (Å²) in [5.41, 5.74) is 2.39. The predicted molar refractivity (Wildman–Crippen MR) is 87.5 cm³/mol. The van der Waals surface area contributed by atoms with Gasteiger partial charge in [0.1, 0.15) is 11.6 Å². The summed E-state index contributed by atoms with van der Waals surface area (Å²) in [6.07, 6.45) is 0. The largest absolute Gasteiger partial charge is 0.322 e. The number of imidazole rings is 1. The molecular weight excluding hydrogens is 378 g/mol. The quantitative estimate of drug-likeness (QED) is 0.551. The fraction of sp³-hybridized carbons (Fsp3) is 0.133. The molecule has 3 aromatic rings. The third-order valence-electron chi connectivity index (χ3n) is 3.28. The van der Waals surface area contributed by atoms with Gasteiger partial charge >= 0.3 is 0 Å². The standard InChI is InChI=1S/C15H10BrCl2FN2/c16-10-4-2-1-3-9(10)8-21-14-6-12(19)11(18)5-13(14)20-15(21)7-17/h1-6H,7-8H2. The Labute approximate surface area is 139 Å². The molecule has 0 bridgehead atoms. The molecule has 0 fully saturated rings. The minimum absolute atomic E-state index is 0.0640. The van der Waals surface area contributed by atoms with Crippen molar-refractivity contribution in [3.63, 3.8) is 0 Å². The lowest BCUT2D eigenvalue weighted by atomic mass is 10.2. The minimum atomic E-state index is -0.460. The highest BCUT2D eigenvalue weighted by atomic mass is 79.9. The lowest BCUT2D eigenvalue weighted by Crippen LogP contribution is -2.04. The molecule has 0 saturated carbocycles. The van der Waals surface area contributed by atoms with E-state index in [1.54, 1.807) is 0 Å². The minimum Gasteiger partial charge on any atom is -0.322 e. The zero-order chi connectivity index (χ0) is 15.0. The van der Waals surface area contributed by atoms with Gasteiger partial charge in [-0.2, -0.15) is 0 Å². The van der Waals surface area contributed by atoms with Crippen LogP contribution < -0.4 is 0 Å². The van der Waals surface area contributed by atoms with Crippen LogP contribution in [0.3, 0.4) is 0 Å². The molecule has 21 heavy (non-hydrogen) atoms. The number of fused-ring (bicyclic) bond motifs is 1. The maximum atomic E-state index is 13.7. The Morgan fingerprint density at radius 3 is 2.71 bits per heavy atom. The third kappa shape index (κ3) is 2.80. The van der Waals surface area contributed by atoms with E-state index < -0.39 is 5.82 Å². The Morgan fingerprint density at radius 2 is 2.00 bits per heavy atom. The summed E-state index contributed by atoms with van der Waals surface area (Å²) >= 11 is 15.3. The molecule has 0 aliphatic carbocycles. The normalized spacial score (nSPS) is 11.2. The van der Waals surface area contributed by atoms with Gasteiger partial charge < -0.3 is 4.57 Å². The number of rotatable bonds is 3. The maximum Gasteiger partial charge on any atom is 0.144 e. The van der Waals surface area contributed by atoms with E-state index in [0.717, 1.165) is 10.0 Å². The van der Waals surface area contributed by atoms with E-state index in [4.69, 9.17) is 23.2 Å². The average molecular weight is 388 g/mol. The molecule has 0 radical (unpaired) electrons. The van der Waals surface area contributed by atoms with Crippen LogP contribution in [0.25, 0.3) is 11.0 Å². The average Bonchev–Trinajstić information content (AvgIpc) is 2.79. The van der Waals surface area contributed by atoms with Crippen LogP contribution in [0.1, 0.15) is 11.4 Å². The molecule has 1 heterocycles. The van der Waals surface area contributed by atoms with E-state index in [1.807, 2.05) is 28.8 Å². The van der Waals surface area contributed by atoms with E-state index >= 15 is 0 Å². The Morgan fingerprint density at radius 1 is 1.24 bits per heavy atom. The molecule has 0 N–H and O–H groups in total. The molecule has 6 heteroatoms. The van der Waals surface area contributed by atoms with E-state index in [0.29, 0.717) is 23.4 Å². The van der Waals surface area contributed by atoms with Crippen molar-refractivity contribution in [2.45, 2.75) is 12.4 Å². The number of aromatic nitrogens is 2. The van der Waals surface area contributed by atoms with Gasteiger partial charge in [-0.05, 0) is 17.7 Å². The number of hydrogen-bond donors (Lipinski definition) is 0. The van der Waals surface area contributed by atoms with Crippen molar-refractivity contribution in [2.24, 2.45) is 0 Å². The molecule has 108 valence electrons. The van der Waals surface area contributed by atoms with Crippen molar-refractivity contribution < 1.29 is 4.39 Å². The first-order valence-electron chi connectivity index (χ1n) is 6.23. The number of alkyl halides is 1. The molecule has 0 saturated heterocycles. The monoisotopic (exact) mass is 386 g/mol. The van der Waals surface area contributed by atoms with E-state index in [-0.39, 0.29) is 10.9 Å². The highest BCUT2D eigenvalue weighted by Crippen LogP contribution is 2.26. The highest BCUT2D eigenvalue weighted by Gasteiger charge is 2.14. The van der Waals surface area contributed by atoms with Crippen LogP contribution in [-0.2, 0) is 12.4 Å². The first-order chi connectivity index (χ1) is 10.1. The summed E-state index contributed by atoms with van der Waals surface area (Å²) in [4.78, 5) is 4.42. The third-order valence-corrected chi connectivity index (χ3v) is 4.58. The van der Waals surface area contributed by atoms with Crippen LogP contribution in [0, 0.1) is 5.82 Å². The SMILES string of the molecule is Fc1cc2c(cc1Cl)nc(CCl)n2Cc1ccccc1Br. The molecule has 2 aromatic carbocycles. The first kappa shape index (κ1) is 14.8. The Kier molecular flexibility index (Phi) is 4.20. The number of hydrogen-bond acceptors (Lipinski definition) is 1. The summed E-state index contributed by atoms with van der Waals surface area (Å²) in [7, 11) is 0. The molecule has 0 atom stereocenters. The van der Waals surface area contributed by atoms with Crippen LogP contribution >= 0.6 is 39.1 Å². The molecule has 0 unspecified atom stereocenters. The summed E-state index contributed by atoms with van der Waals surface area (Å²) in [5.74, 6) is 0.473. The second-order valence-corrected chi connectivity index (χ2v) is 6.12. The molecule has 0 spiro atoms. The number of nitrogens with zero attached hydrogens (tertiary/aromatic N) is 2. The predicted octanol–water partition coefficient (Wildman–Crippen LogP) is 5.38. The molecule has 1 aromatic heterocycles. The fourth-order valence-electron chi connectivity index (χ4n) is 2.25. The van der Waals surface area contributed by atoms with E-state index in [2.05, 4.69) is 20.9 Å². The van der Waals surface area contributed by atoms with Gasteiger partial charge in [-0.25, -0.2) is 9.37 Å². The summed E-state index contributed by atoms with van der Waals surface area (Å²) in [5, 5.41) is 0.0640. The van der Waals surface area contributed by atoms with Gasteiger partial charge in [-0.1, -0.05) is 45.7 Å². The van der Waals surface area contributed by atoms with Gasteiger partial charge in [-0.3, -0.25) is 0 Å². The van der Waals surface area contributed by atoms with Gasteiger partial charge in [0.05, 0.1) is 28.5 Å². The molecular formula is C15H10BrCl2FN2. The lowest BCUT2D eigenvalue weighted by Gasteiger charge is -2.09. The zero-order valence-electron chi connectivity index (χ0n) is 10.8. The Bertz CT molecular complexity index is 817. The Balaban J connectivity index is 2.16. The topological polar surface area (TPSA) is 17.8 Å². The van der Waals surface area contributed by atoms with Crippen LogP contribution in [0.15, 0.2) is 40.9 Å². The van der Waals surface area contributed by atoms with Crippen molar-refractivity contribution >= 4 is 50.2 Å².